The fourth-order valence-electron chi connectivity index (χ4n) is 3.74. The third kappa shape index (κ3) is 3.86. The van der Waals surface area contributed by atoms with Crippen LogP contribution in [0, 0.1) is 0 Å². The molecular formula is C19H25N3OS2. The quantitative estimate of drug-likeness (QED) is 0.875. The maximum Gasteiger partial charge on any atom is 0.256 e. The van der Waals surface area contributed by atoms with Crippen LogP contribution in [0.1, 0.15) is 16.8 Å². The zero-order chi connectivity index (χ0) is 17.1. The van der Waals surface area contributed by atoms with E-state index in [1.165, 1.54) is 23.0 Å². The van der Waals surface area contributed by atoms with Crippen LogP contribution in [-0.4, -0.2) is 75.9 Å². The highest BCUT2D eigenvalue weighted by atomic mass is 32.2. The lowest BCUT2D eigenvalue weighted by atomic mass is 10.1. The summed E-state index contributed by atoms with van der Waals surface area (Å²) in [6.07, 6.45) is 2.94. The van der Waals surface area contributed by atoms with Gasteiger partial charge in [-0.2, -0.15) is 23.5 Å². The van der Waals surface area contributed by atoms with E-state index < -0.39 is 0 Å². The molecule has 0 radical (unpaired) electrons. The average Bonchev–Trinajstić information content (AvgIpc) is 2.83. The smallest absolute Gasteiger partial charge is 0.256 e. The number of para-hydroxylation sites is 1. The van der Waals surface area contributed by atoms with Crippen molar-refractivity contribution in [3.05, 3.63) is 36.0 Å². The zero-order valence-corrected chi connectivity index (χ0v) is 16.1. The minimum atomic E-state index is 0.170. The lowest BCUT2D eigenvalue weighted by Gasteiger charge is -2.29. The minimum absolute atomic E-state index is 0.170. The Bertz CT molecular complexity index is 724. The van der Waals surface area contributed by atoms with Crippen molar-refractivity contribution in [3.8, 4) is 0 Å². The van der Waals surface area contributed by atoms with Gasteiger partial charge >= 0.3 is 0 Å². The maximum absolute atomic E-state index is 13.0. The fraction of sp³-hybridized carbons (Fsp3) is 0.526. The van der Waals surface area contributed by atoms with Crippen LogP contribution in [0.2, 0.25) is 0 Å². The average molecular weight is 376 g/mol. The third-order valence-electron chi connectivity index (χ3n) is 5.15. The highest BCUT2D eigenvalue weighted by Crippen LogP contribution is 2.23. The van der Waals surface area contributed by atoms with Crippen molar-refractivity contribution in [1.29, 1.82) is 0 Å². The van der Waals surface area contributed by atoms with Gasteiger partial charge in [-0.1, -0.05) is 18.2 Å². The molecule has 6 heteroatoms. The molecule has 0 saturated carbocycles. The van der Waals surface area contributed by atoms with Crippen LogP contribution in [-0.2, 0) is 0 Å². The van der Waals surface area contributed by atoms with Crippen molar-refractivity contribution in [3.63, 3.8) is 0 Å². The maximum atomic E-state index is 13.0. The standard InChI is InChI=1S/C19H25N3OS2/c23-19(17-12-20-18-5-2-1-4-16(17)18)22-7-3-6-21(8-9-22)15-13-24-10-11-25-14-15/h1-2,4-5,12,15,20H,3,6-11,13-14H2. The summed E-state index contributed by atoms with van der Waals surface area (Å²) in [6, 6.07) is 8.72. The fourth-order valence-corrected chi connectivity index (χ4v) is 6.37. The van der Waals surface area contributed by atoms with Crippen LogP contribution in [0.5, 0.6) is 0 Å². The summed E-state index contributed by atoms with van der Waals surface area (Å²) in [4.78, 5) is 20.9. The molecule has 2 aliphatic heterocycles. The molecule has 0 aliphatic carbocycles. The summed E-state index contributed by atoms with van der Waals surface area (Å²) in [5.41, 5.74) is 1.85. The molecule has 25 heavy (non-hydrogen) atoms. The van der Waals surface area contributed by atoms with E-state index in [1.54, 1.807) is 0 Å². The Kier molecular flexibility index (Phi) is 5.58. The molecule has 2 aromatic rings. The van der Waals surface area contributed by atoms with Crippen molar-refractivity contribution < 1.29 is 4.79 Å². The first-order chi connectivity index (χ1) is 12.3. The van der Waals surface area contributed by atoms with E-state index in [2.05, 4.69) is 33.4 Å². The summed E-state index contributed by atoms with van der Waals surface area (Å²) in [5.74, 6) is 5.21. The summed E-state index contributed by atoms with van der Waals surface area (Å²) >= 11 is 4.17. The molecule has 0 bridgehead atoms. The summed E-state index contributed by atoms with van der Waals surface area (Å²) in [6.45, 7) is 3.81. The molecule has 4 rings (SSSR count). The zero-order valence-electron chi connectivity index (χ0n) is 14.4. The number of carbonyl (C=O) groups is 1. The van der Waals surface area contributed by atoms with Gasteiger partial charge in [0.2, 0.25) is 0 Å². The van der Waals surface area contributed by atoms with E-state index in [0.29, 0.717) is 6.04 Å². The Labute approximate surface area is 157 Å². The number of aromatic nitrogens is 1. The summed E-state index contributed by atoms with van der Waals surface area (Å²) < 4.78 is 0. The molecule has 0 spiro atoms. The molecule has 4 nitrogen and oxygen atoms in total. The lowest BCUT2D eigenvalue weighted by Crippen LogP contribution is -2.42. The second kappa shape index (κ2) is 8.06. The van der Waals surface area contributed by atoms with Crippen molar-refractivity contribution >= 4 is 40.3 Å². The molecule has 1 N–H and O–H groups in total. The van der Waals surface area contributed by atoms with E-state index in [4.69, 9.17) is 0 Å². The van der Waals surface area contributed by atoms with Gasteiger partial charge < -0.3 is 9.88 Å². The van der Waals surface area contributed by atoms with E-state index in [0.717, 1.165) is 49.1 Å². The van der Waals surface area contributed by atoms with E-state index >= 15 is 0 Å². The van der Waals surface area contributed by atoms with Gasteiger partial charge in [-0.05, 0) is 12.5 Å². The Morgan fingerprint density at radius 1 is 1.04 bits per heavy atom. The second-order valence-electron chi connectivity index (χ2n) is 6.73. The third-order valence-corrected chi connectivity index (χ3v) is 7.63. The number of hydrogen-bond acceptors (Lipinski definition) is 4. The van der Waals surface area contributed by atoms with E-state index in [1.807, 2.05) is 35.4 Å². The first-order valence-corrected chi connectivity index (χ1v) is 11.4. The van der Waals surface area contributed by atoms with Gasteiger partial charge in [-0.25, -0.2) is 0 Å². The van der Waals surface area contributed by atoms with Crippen LogP contribution in [0.25, 0.3) is 10.9 Å². The van der Waals surface area contributed by atoms with E-state index in [9.17, 15) is 4.79 Å². The summed E-state index contributed by atoms with van der Waals surface area (Å²) in [7, 11) is 0. The number of carbonyl (C=O) groups excluding carboxylic acids is 1. The Morgan fingerprint density at radius 2 is 1.84 bits per heavy atom. The largest absolute Gasteiger partial charge is 0.360 e. The number of benzene rings is 1. The molecule has 2 fully saturated rings. The Hall–Kier alpha value is -1.11. The van der Waals surface area contributed by atoms with Gasteiger partial charge in [-0.15, -0.1) is 0 Å². The molecule has 134 valence electrons. The lowest BCUT2D eigenvalue weighted by molar-refractivity contribution is 0.0761. The number of nitrogens with one attached hydrogen (secondary N) is 1. The van der Waals surface area contributed by atoms with Crippen molar-refractivity contribution in [2.45, 2.75) is 12.5 Å². The number of thioether (sulfide) groups is 2. The molecule has 1 amide bonds. The monoisotopic (exact) mass is 375 g/mol. The van der Waals surface area contributed by atoms with Crippen molar-refractivity contribution in [2.75, 3.05) is 49.2 Å². The molecular weight excluding hydrogens is 350 g/mol. The highest BCUT2D eigenvalue weighted by molar-refractivity contribution is 8.03. The van der Waals surface area contributed by atoms with Crippen molar-refractivity contribution in [1.82, 2.24) is 14.8 Å². The molecule has 0 atom stereocenters. The van der Waals surface area contributed by atoms with Crippen molar-refractivity contribution in [2.24, 2.45) is 0 Å². The second-order valence-corrected chi connectivity index (χ2v) is 9.03. The predicted octanol–water partition coefficient (Wildman–Crippen LogP) is 3.16. The van der Waals surface area contributed by atoms with Crippen LogP contribution >= 0.6 is 23.5 Å². The van der Waals surface area contributed by atoms with Gasteiger partial charge in [0.15, 0.2) is 0 Å². The van der Waals surface area contributed by atoms with Gasteiger partial charge in [-0.3, -0.25) is 9.69 Å². The van der Waals surface area contributed by atoms with E-state index in [-0.39, 0.29) is 5.91 Å². The van der Waals surface area contributed by atoms with Crippen LogP contribution < -0.4 is 0 Å². The number of H-pyrrole nitrogens is 1. The van der Waals surface area contributed by atoms with Crippen LogP contribution in [0.15, 0.2) is 30.5 Å². The number of hydrogen-bond donors (Lipinski definition) is 1. The van der Waals surface area contributed by atoms with Gasteiger partial charge in [0.1, 0.15) is 0 Å². The van der Waals surface area contributed by atoms with Gasteiger partial charge in [0.05, 0.1) is 5.56 Å². The number of fused-ring (bicyclic) bond motifs is 1. The van der Waals surface area contributed by atoms with Gasteiger partial charge in [0, 0.05) is 72.3 Å². The molecule has 1 aromatic carbocycles. The molecule has 1 aromatic heterocycles. The molecule has 2 aliphatic rings. The summed E-state index contributed by atoms with van der Waals surface area (Å²) in [5, 5.41) is 1.03. The molecule has 0 unspecified atom stereocenters. The number of amides is 1. The first kappa shape index (κ1) is 17.3. The predicted molar refractivity (Wildman–Crippen MR) is 109 cm³/mol. The van der Waals surface area contributed by atoms with Crippen LogP contribution in [0.3, 0.4) is 0 Å². The Balaban J connectivity index is 1.44. The first-order valence-electron chi connectivity index (χ1n) is 9.08. The molecule has 3 heterocycles. The minimum Gasteiger partial charge on any atom is -0.360 e. The highest BCUT2D eigenvalue weighted by Gasteiger charge is 2.26. The SMILES string of the molecule is O=C(c1c[nH]c2ccccc12)N1CCCN(C2CSCCSC2)CC1. The normalized spacial score (nSPS) is 21.2. The number of aromatic amines is 1. The van der Waals surface area contributed by atoms with Gasteiger partial charge in [0.25, 0.3) is 5.91 Å². The Morgan fingerprint density at radius 3 is 2.68 bits per heavy atom. The number of nitrogens with zero attached hydrogens (tertiary/aromatic N) is 2. The number of rotatable bonds is 2. The van der Waals surface area contributed by atoms with Crippen LogP contribution in [0.4, 0.5) is 0 Å². The molecule has 2 saturated heterocycles. The topological polar surface area (TPSA) is 39.3 Å².